The summed E-state index contributed by atoms with van der Waals surface area (Å²) >= 11 is 9.68. The van der Waals surface area contributed by atoms with Gasteiger partial charge in [0.1, 0.15) is 6.61 Å². The maximum Gasteiger partial charge on any atom is 0.175 e. The Labute approximate surface area is 181 Å². The number of ether oxygens (including phenoxy) is 3. The van der Waals surface area contributed by atoms with Gasteiger partial charge in [0.2, 0.25) is 0 Å². The van der Waals surface area contributed by atoms with Gasteiger partial charge in [0.05, 0.1) is 17.2 Å². The number of hydrogen-bond acceptors (Lipinski definition) is 4. The number of rotatable bonds is 12. The minimum absolute atomic E-state index is 0.282. The van der Waals surface area contributed by atoms with Gasteiger partial charge >= 0.3 is 0 Å². The Balaban J connectivity index is 1.96. The molecule has 2 aromatic rings. The van der Waals surface area contributed by atoms with E-state index in [1.54, 1.807) is 0 Å². The van der Waals surface area contributed by atoms with Gasteiger partial charge in [-0.2, -0.15) is 0 Å². The first kappa shape index (κ1) is 23.0. The van der Waals surface area contributed by atoms with E-state index in [-0.39, 0.29) is 6.10 Å². The maximum absolute atomic E-state index is 6.05. The lowest BCUT2D eigenvalue weighted by Crippen LogP contribution is -2.17. The van der Waals surface area contributed by atoms with Crippen molar-refractivity contribution in [2.75, 3.05) is 19.8 Å². The molecule has 154 valence electrons. The van der Waals surface area contributed by atoms with Crippen LogP contribution in [0.5, 0.6) is 11.5 Å². The van der Waals surface area contributed by atoms with Gasteiger partial charge in [-0.3, -0.25) is 0 Å². The summed E-state index contributed by atoms with van der Waals surface area (Å²) in [5.41, 5.74) is 2.14. The molecule has 4 nitrogen and oxygen atoms in total. The van der Waals surface area contributed by atoms with Crippen molar-refractivity contribution in [3.8, 4) is 11.5 Å². The number of nitrogens with one attached hydrogen (secondary N) is 1. The summed E-state index contributed by atoms with van der Waals surface area (Å²) in [5.74, 6) is 1.44. The van der Waals surface area contributed by atoms with E-state index in [1.165, 1.54) is 0 Å². The predicted molar refractivity (Wildman–Crippen MR) is 119 cm³/mol. The Kier molecular flexibility index (Phi) is 10.1. The smallest absolute Gasteiger partial charge is 0.175 e. The summed E-state index contributed by atoms with van der Waals surface area (Å²) in [6.07, 6.45) is 1.27. The van der Waals surface area contributed by atoms with Crippen LogP contribution in [0.2, 0.25) is 5.02 Å². The molecule has 1 N–H and O–H groups in total. The van der Waals surface area contributed by atoms with Crippen LogP contribution in [0.15, 0.2) is 40.9 Å². The highest BCUT2D eigenvalue weighted by Gasteiger charge is 2.13. The average Bonchev–Trinajstić information content (AvgIpc) is 2.64. The van der Waals surface area contributed by atoms with Crippen LogP contribution < -0.4 is 14.8 Å². The van der Waals surface area contributed by atoms with Crippen LogP contribution in [0.25, 0.3) is 0 Å². The predicted octanol–water partition coefficient (Wildman–Crippen LogP) is 5.98. The fraction of sp³-hybridized carbons (Fsp3) is 0.455. The Morgan fingerprint density at radius 3 is 2.64 bits per heavy atom. The molecule has 0 saturated carbocycles. The fourth-order valence-electron chi connectivity index (χ4n) is 2.66. The second kappa shape index (κ2) is 12.3. The van der Waals surface area contributed by atoms with Crippen LogP contribution in [-0.4, -0.2) is 25.9 Å². The van der Waals surface area contributed by atoms with E-state index in [1.807, 2.05) is 37.3 Å². The second-order valence-corrected chi connectivity index (χ2v) is 8.00. The molecule has 0 aliphatic rings. The van der Waals surface area contributed by atoms with Crippen LogP contribution in [-0.2, 0) is 17.9 Å². The molecular formula is C22H29BrClNO3. The molecule has 2 rings (SSSR count). The molecular weight excluding hydrogens is 442 g/mol. The van der Waals surface area contributed by atoms with Crippen molar-refractivity contribution in [3.63, 3.8) is 0 Å². The summed E-state index contributed by atoms with van der Waals surface area (Å²) in [6, 6.07) is 11.7. The molecule has 0 heterocycles. The standard InChI is InChI=1S/C22H29BrClNO3/c1-4-26-21-13-18(14-25-9-6-10-27-16(2)3)12-20(23)22(21)28-15-17-7-5-8-19(24)11-17/h5,7-8,11-13,16,25H,4,6,9-10,14-15H2,1-3H3. The van der Waals surface area contributed by atoms with E-state index in [0.717, 1.165) is 47.5 Å². The van der Waals surface area contributed by atoms with Gasteiger partial charge in [-0.25, -0.2) is 0 Å². The largest absolute Gasteiger partial charge is 0.490 e. The summed E-state index contributed by atoms with van der Waals surface area (Å²) in [4.78, 5) is 0. The van der Waals surface area contributed by atoms with Crippen LogP contribution >= 0.6 is 27.5 Å². The minimum Gasteiger partial charge on any atom is -0.490 e. The van der Waals surface area contributed by atoms with Gasteiger partial charge in [0.15, 0.2) is 11.5 Å². The fourth-order valence-corrected chi connectivity index (χ4v) is 3.47. The van der Waals surface area contributed by atoms with Crippen LogP contribution in [0.3, 0.4) is 0 Å². The van der Waals surface area contributed by atoms with Crippen molar-refractivity contribution in [1.82, 2.24) is 5.32 Å². The van der Waals surface area contributed by atoms with Gasteiger partial charge in [0, 0.05) is 18.2 Å². The van der Waals surface area contributed by atoms with Gasteiger partial charge in [0.25, 0.3) is 0 Å². The lowest BCUT2D eigenvalue weighted by Gasteiger charge is -2.16. The second-order valence-electron chi connectivity index (χ2n) is 6.71. The van der Waals surface area contributed by atoms with E-state index in [9.17, 15) is 0 Å². The first-order chi connectivity index (χ1) is 13.5. The molecule has 0 aliphatic heterocycles. The minimum atomic E-state index is 0.282. The Morgan fingerprint density at radius 1 is 1.11 bits per heavy atom. The zero-order valence-corrected chi connectivity index (χ0v) is 19.1. The van der Waals surface area contributed by atoms with Crippen molar-refractivity contribution in [3.05, 3.63) is 57.0 Å². The molecule has 0 atom stereocenters. The monoisotopic (exact) mass is 469 g/mol. The molecule has 28 heavy (non-hydrogen) atoms. The molecule has 0 spiro atoms. The molecule has 0 aromatic heterocycles. The molecule has 0 aliphatic carbocycles. The SMILES string of the molecule is CCOc1cc(CNCCCOC(C)C)cc(Br)c1OCc1cccc(Cl)c1. The Morgan fingerprint density at radius 2 is 1.93 bits per heavy atom. The summed E-state index contributed by atoms with van der Waals surface area (Å²) in [7, 11) is 0. The Hall–Kier alpha value is -1.27. The zero-order valence-electron chi connectivity index (χ0n) is 16.8. The maximum atomic E-state index is 6.05. The third-order valence-electron chi connectivity index (χ3n) is 3.92. The molecule has 0 unspecified atom stereocenters. The zero-order chi connectivity index (χ0) is 20.4. The van der Waals surface area contributed by atoms with E-state index in [4.69, 9.17) is 25.8 Å². The first-order valence-electron chi connectivity index (χ1n) is 9.64. The quantitative estimate of drug-likeness (QED) is 0.387. The number of halogens is 2. The molecule has 0 saturated heterocycles. The van der Waals surface area contributed by atoms with E-state index in [2.05, 4.69) is 41.2 Å². The highest BCUT2D eigenvalue weighted by molar-refractivity contribution is 9.10. The normalized spacial score (nSPS) is 11.1. The van der Waals surface area contributed by atoms with Crippen molar-refractivity contribution in [2.24, 2.45) is 0 Å². The average molecular weight is 471 g/mol. The third kappa shape index (κ3) is 8.00. The van der Waals surface area contributed by atoms with Gasteiger partial charge in [-0.1, -0.05) is 23.7 Å². The third-order valence-corrected chi connectivity index (χ3v) is 4.74. The molecule has 0 radical (unpaired) electrons. The summed E-state index contributed by atoms with van der Waals surface area (Å²) < 4.78 is 18.3. The topological polar surface area (TPSA) is 39.7 Å². The lowest BCUT2D eigenvalue weighted by molar-refractivity contribution is 0.0770. The van der Waals surface area contributed by atoms with Gasteiger partial charge < -0.3 is 19.5 Å². The number of hydrogen-bond donors (Lipinski definition) is 1. The molecule has 2 aromatic carbocycles. The van der Waals surface area contributed by atoms with Crippen LogP contribution in [0.4, 0.5) is 0 Å². The van der Waals surface area contributed by atoms with Gasteiger partial charge in [-0.15, -0.1) is 0 Å². The van der Waals surface area contributed by atoms with E-state index >= 15 is 0 Å². The lowest BCUT2D eigenvalue weighted by atomic mass is 10.2. The molecule has 0 amide bonds. The highest BCUT2D eigenvalue weighted by atomic mass is 79.9. The molecule has 6 heteroatoms. The Bertz CT molecular complexity index is 740. The van der Waals surface area contributed by atoms with E-state index < -0.39 is 0 Å². The molecule has 0 fully saturated rings. The van der Waals surface area contributed by atoms with Crippen molar-refractivity contribution >= 4 is 27.5 Å². The van der Waals surface area contributed by atoms with Crippen molar-refractivity contribution in [2.45, 2.75) is 46.4 Å². The van der Waals surface area contributed by atoms with E-state index in [0.29, 0.717) is 24.0 Å². The first-order valence-corrected chi connectivity index (χ1v) is 10.8. The molecule has 0 bridgehead atoms. The van der Waals surface area contributed by atoms with Crippen LogP contribution in [0, 0.1) is 0 Å². The van der Waals surface area contributed by atoms with Crippen LogP contribution in [0.1, 0.15) is 38.3 Å². The highest BCUT2D eigenvalue weighted by Crippen LogP contribution is 2.37. The van der Waals surface area contributed by atoms with Crippen molar-refractivity contribution < 1.29 is 14.2 Å². The van der Waals surface area contributed by atoms with Crippen molar-refractivity contribution in [1.29, 1.82) is 0 Å². The summed E-state index contributed by atoms with van der Waals surface area (Å²) in [6.45, 7) is 9.50. The van der Waals surface area contributed by atoms with Gasteiger partial charge in [-0.05, 0) is 85.1 Å². The summed E-state index contributed by atoms with van der Waals surface area (Å²) in [5, 5.41) is 4.14. The number of benzene rings is 2.